The maximum Gasteiger partial charge on any atom is 0.325 e. The number of nitrogens with zero attached hydrogens (tertiary/aromatic N) is 1. The molecule has 1 rings (SSSR count). The van der Waals surface area contributed by atoms with Crippen LogP contribution in [-0.4, -0.2) is 49.7 Å². The Morgan fingerprint density at radius 1 is 1.29 bits per heavy atom. The van der Waals surface area contributed by atoms with Gasteiger partial charge in [-0.3, -0.25) is 4.79 Å². The van der Waals surface area contributed by atoms with E-state index in [-0.39, 0.29) is 5.97 Å². The molecule has 0 aromatic heterocycles. The quantitative estimate of drug-likeness (QED) is 0.525. The molecule has 4 heteroatoms. The average Bonchev–Trinajstić information content (AvgIpc) is 2.51. The van der Waals surface area contributed by atoms with Gasteiger partial charge in [0.15, 0.2) is 0 Å². The molecule has 124 valence electrons. The second kappa shape index (κ2) is 9.42. The van der Waals surface area contributed by atoms with Gasteiger partial charge in [0, 0.05) is 6.04 Å². The summed E-state index contributed by atoms with van der Waals surface area (Å²) in [5.41, 5.74) is -0.535. The number of carbonyl (C=O) groups excluding carboxylic acids is 1. The molecule has 1 unspecified atom stereocenters. The lowest BCUT2D eigenvalue weighted by Gasteiger charge is -2.32. The monoisotopic (exact) mass is 298 g/mol. The van der Waals surface area contributed by atoms with Gasteiger partial charge in [-0.25, -0.2) is 0 Å². The van der Waals surface area contributed by atoms with E-state index >= 15 is 0 Å². The zero-order valence-electron chi connectivity index (χ0n) is 14.4. The summed E-state index contributed by atoms with van der Waals surface area (Å²) in [6, 6.07) is 0.777. The SMILES string of the molecule is CCNC(C)(CCCCN(C)C1CCCCC1)C(=O)OC. The number of esters is 1. The summed E-state index contributed by atoms with van der Waals surface area (Å²) in [5, 5.41) is 3.27. The minimum absolute atomic E-state index is 0.148. The first-order chi connectivity index (χ1) is 10.0. The molecule has 1 N–H and O–H groups in total. The van der Waals surface area contributed by atoms with Crippen LogP contribution in [0.5, 0.6) is 0 Å². The molecule has 21 heavy (non-hydrogen) atoms. The second-order valence-corrected chi connectivity index (χ2v) is 6.58. The van der Waals surface area contributed by atoms with Gasteiger partial charge in [-0.1, -0.05) is 26.2 Å². The molecule has 0 spiro atoms. The molecule has 0 radical (unpaired) electrons. The van der Waals surface area contributed by atoms with E-state index < -0.39 is 5.54 Å². The average molecular weight is 298 g/mol. The summed E-state index contributed by atoms with van der Waals surface area (Å²) in [5.74, 6) is -0.148. The van der Waals surface area contributed by atoms with Crippen LogP contribution in [0.1, 0.15) is 65.2 Å². The van der Waals surface area contributed by atoms with E-state index in [0.717, 1.165) is 38.4 Å². The fraction of sp³-hybridized carbons (Fsp3) is 0.941. The van der Waals surface area contributed by atoms with Gasteiger partial charge >= 0.3 is 5.97 Å². The maximum absolute atomic E-state index is 11.9. The van der Waals surface area contributed by atoms with E-state index in [1.54, 1.807) is 0 Å². The van der Waals surface area contributed by atoms with Gasteiger partial charge in [-0.2, -0.15) is 0 Å². The highest BCUT2D eigenvalue weighted by molar-refractivity contribution is 5.80. The van der Waals surface area contributed by atoms with Gasteiger partial charge < -0.3 is 15.0 Å². The summed E-state index contributed by atoms with van der Waals surface area (Å²) in [6.45, 7) is 5.90. The van der Waals surface area contributed by atoms with Crippen LogP contribution < -0.4 is 5.32 Å². The van der Waals surface area contributed by atoms with Crippen LogP contribution in [0.25, 0.3) is 0 Å². The van der Waals surface area contributed by atoms with Crippen molar-refractivity contribution in [3.05, 3.63) is 0 Å². The lowest BCUT2D eigenvalue weighted by molar-refractivity contribution is -0.148. The predicted octanol–water partition coefficient (Wildman–Crippen LogP) is 2.96. The van der Waals surface area contributed by atoms with Crippen LogP contribution >= 0.6 is 0 Å². The van der Waals surface area contributed by atoms with Crippen LogP contribution in [0.15, 0.2) is 0 Å². The third kappa shape index (κ3) is 5.95. The Morgan fingerprint density at radius 3 is 2.52 bits per heavy atom. The molecule has 0 aliphatic heterocycles. The molecule has 0 aromatic carbocycles. The predicted molar refractivity (Wildman–Crippen MR) is 87.5 cm³/mol. The van der Waals surface area contributed by atoms with Crippen LogP contribution in [-0.2, 0) is 9.53 Å². The number of rotatable bonds is 9. The fourth-order valence-corrected chi connectivity index (χ4v) is 3.42. The topological polar surface area (TPSA) is 41.6 Å². The van der Waals surface area contributed by atoms with Gasteiger partial charge in [0.2, 0.25) is 0 Å². The molecule has 1 saturated carbocycles. The van der Waals surface area contributed by atoms with E-state index in [4.69, 9.17) is 4.74 Å². The normalized spacial score (nSPS) is 19.5. The van der Waals surface area contributed by atoms with E-state index in [0.29, 0.717) is 0 Å². The van der Waals surface area contributed by atoms with Gasteiger partial charge in [0.25, 0.3) is 0 Å². The first-order valence-electron chi connectivity index (χ1n) is 8.57. The van der Waals surface area contributed by atoms with Crippen molar-refractivity contribution >= 4 is 5.97 Å². The number of hydrogen-bond acceptors (Lipinski definition) is 4. The Bertz CT molecular complexity index is 303. The highest BCUT2D eigenvalue weighted by atomic mass is 16.5. The van der Waals surface area contributed by atoms with Gasteiger partial charge in [-0.05, 0) is 59.2 Å². The zero-order valence-corrected chi connectivity index (χ0v) is 14.4. The lowest BCUT2D eigenvalue weighted by Crippen LogP contribution is -2.50. The molecule has 1 fully saturated rings. The van der Waals surface area contributed by atoms with Gasteiger partial charge in [0.1, 0.15) is 5.54 Å². The Labute approximate surface area is 130 Å². The van der Waals surface area contributed by atoms with Crippen molar-refractivity contribution in [2.24, 2.45) is 0 Å². The first-order valence-corrected chi connectivity index (χ1v) is 8.57. The number of nitrogens with one attached hydrogen (secondary N) is 1. The molecule has 4 nitrogen and oxygen atoms in total. The Balaban J connectivity index is 2.28. The number of hydrogen-bond donors (Lipinski definition) is 1. The van der Waals surface area contributed by atoms with Crippen molar-refractivity contribution in [1.82, 2.24) is 10.2 Å². The van der Waals surface area contributed by atoms with Crippen LogP contribution in [0, 0.1) is 0 Å². The van der Waals surface area contributed by atoms with Crippen molar-refractivity contribution in [2.45, 2.75) is 76.8 Å². The third-order valence-corrected chi connectivity index (χ3v) is 4.84. The molecule has 1 aliphatic carbocycles. The molecular weight excluding hydrogens is 264 g/mol. The summed E-state index contributed by atoms with van der Waals surface area (Å²) < 4.78 is 4.93. The molecule has 0 aromatic rings. The van der Waals surface area contributed by atoms with E-state index in [1.165, 1.54) is 39.2 Å². The summed E-state index contributed by atoms with van der Waals surface area (Å²) in [6.07, 6.45) is 9.92. The van der Waals surface area contributed by atoms with Crippen molar-refractivity contribution in [3.63, 3.8) is 0 Å². The molecule has 0 amide bonds. The largest absolute Gasteiger partial charge is 0.468 e. The third-order valence-electron chi connectivity index (χ3n) is 4.84. The maximum atomic E-state index is 11.9. The molecule has 1 aliphatic rings. The molecular formula is C17H34N2O2. The van der Waals surface area contributed by atoms with Crippen molar-refractivity contribution in [2.75, 3.05) is 27.2 Å². The highest BCUT2D eigenvalue weighted by Gasteiger charge is 2.32. The van der Waals surface area contributed by atoms with Crippen LogP contribution in [0.3, 0.4) is 0 Å². The second-order valence-electron chi connectivity index (χ2n) is 6.58. The number of carbonyl (C=O) groups is 1. The standard InChI is InChI=1S/C17H34N2O2/c1-5-18-17(2,16(20)21-4)13-9-10-14-19(3)15-11-7-6-8-12-15/h15,18H,5-14H2,1-4H3. The number of methoxy groups -OCH3 is 1. The molecule has 0 bridgehead atoms. The fourth-order valence-electron chi connectivity index (χ4n) is 3.42. The van der Waals surface area contributed by atoms with E-state index in [1.807, 2.05) is 13.8 Å². The number of unbranched alkanes of at least 4 members (excludes halogenated alkanes) is 1. The molecule has 0 heterocycles. The minimum Gasteiger partial charge on any atom is -0.468 e. The van der Waals surface area contributed by atoms with E-state index in [9.17, 15) is 4.79 Å². The van der Waals surface area contributed by atoms with Gasteiger partial charge in [-0.15, -0.1) is 0 Å². The smallest absolute Gasteiger partial charge is 0.325 e. The number of ether oxygens (including phenoxy) is 1. The minimum atomic E-state index is -0.535. The van der Waals surface area contributed by atoms with Crippen LogP contribution in [0.2, 0.25) is 0 Å². The zero-order chi connectivity index (χ0) is 15.7. The van der Waals surface area contributed by atoms with Gasteiger partial charge in [0.05, 0.1) is 7.11 Å². The molecule has 0 saturated heterocycles. The summed E-state index contributed by atoms with van der Waals surface area (Å²) in [7, 11) is 3.72. The lowest BCUT2D eigenvalue weighted by atomic mass is 9.93. The van der Waals surface area contributed by atoms with E-state index in [2.05, 4.69) is 17.3 Å². The number of likely N-dealkylation sites (N-methyl/N-ethyl adjacent to an activating group) is 1. The summed E-state index contributed by atoms with van der Waals surface area (Å²) in [4.78, 5) is 14.4. The Morgan fingerprint density at radius 2 is 1.95 bits per heavy atom. The highest BCUT2D eigenvalue weighted by Crippen LogP contribution is 2.22. The molecule has 1 atom stereocenters. The van der Waals surface area contributed by atoms with Crippen molar-refractivity contribution < 1.29 is 9.53 Å². The van der Waals surface area contributed by atoms with Crippen molar-refractivity contribution in [3.8, 4) is 0 Å². The Hall–Kier alpha value is -0.610. The van der Waals surface area contributed by atoms with Crippen LogP contribution in [0.4, 0.5) is 0 Å². The van der Waals surface area contributed by atoms with Crippen molar-refractivity contribution in [1.29, 1.82) is 0 Å². The summed E-state index contributed by atoms with van der Waals surface area (Å²) >= 11 is 0. The Kier molecular flexibility index (Phi) is 8.27. The first kappa shape index (κ1) is 18.4.